The summed E-state index contributed by atoms with van der Waals surface area (Å²) in [5.74, 6) is -0.432. The summed E-state index contributed by atoms with van der Waals surface area (Å²) in [4.78, 5) is 51.9. The summed E-state index contributed by atoms with van der Waals surface area (Å²) in [7, 11) is 0. The van der Waals surface area contributed by atoms with E-state index in [1.165, 1.54) is 18.7 Å². The van der Waals surface area contributed by atoms with E-state index in [0.29, 0.717) is 46.8 Å². The topological polar surface area (TPSA) is 114 Å². The van der Waals surface area contributed by atoms with Crippen LogP contribution < -0.4 is 20.7 Å². The second-order valence-corrected chi connectivity index (χ2v) is 11.3. The van der Waals surface area contributed by atoms with Crippen LogP contribution in [0.25, 0.3) is 6.08 Å². The van der Waals surface area contributed by atoms with Gasteiger partial charge in [0.25, 0.3) is 11.8 Å². The third-order valence-corrected chi connectivity index (χ3v) is 7.98. The van der Waals surface area contributed by atoms with Crippen molar-refractivity contribution in [2.75, 3.05) is 17.2 Å². The number of carbonyl (C=O) groups excluding carboxylic acids is 4. The van der Waals surface area contributed by atoms with E-state index in [9.17, 15) is 19.2 Å². The highest BCUT2D eigenvalue weighted by Crippen LogP contribution is 2.29. The first kappa shape index (κ1) is 32.8. The van der Waals surface area contributed by atoms with Crippen molar-refractivity contribution in [3.05, 3.63) is 126 Å². The molecule has 0 radical (unpaired) electrons. The van der Waals surface area contributed by atoms with Gasteiger partial charge in [-0.05, 0) is 98.6 Å². The first-order valence-electron chi connectivity index (χ1n) is 14.6. The number of ketones is 1. The van der Waals surface area contributed by atoms with Crippen LogP contribution in [0.15, 0.2) is 114 Å². The van der Waals surface area contributed by atoms with Gasteiger partial charge in [0.05, 0.1) is 11.9 Å². The average Bonchev–Trinajstić information content (AvgIpc) is 3.05. The van der Waals surface area contributed by atoms with Crippen molar-refractivity contribution in [2.24, 2.45) is 0 Å². The van der Waals surface area contributed by atoms with Crippen LogP contribution in [-0.2, 0) is 9.59 Å². The Labute approximate surface area is 267 Å². The maximum absolute atomic E-state index is 13.5. The standard InChI is InChI=1S/C36H35N3O5S/c1-4-33(36(43)37-28-18-16-26(17-19-28)24(3)40)45-31-13-9-12-29(23-31)38-35(42)32(39-34(41)27-10-7-6-8-11-27)22-25-14-20-30(21-15-25)44-5-2/h6-23,33H,4-5H2,1-3H3,(H,37,43)(H,38,42)(H,39,41)/b32-22+. The molecule has 1 atom stereocenters. The van der Waals surface area contributed by atoms with Crippen molar-refractivity contribution < 1.29 is 23.9 Å². The van der Waals surface area contributed by atoms with Crippen molar-refractivity contribution in [3.8, 4) is 5.75 Å². The van der Waals surface area contributed by atoms with E-state index in [-0.39, 0.29) is 17.4 Å². The molecule has 0 aliphatic heterocycles. The Balaban J connectivity index is 1.48. The predicted octanol–water partition coefficient (Wildman–Crippen LogP) is 7.21. The number of anilines is 2. The summed E-state index contributed by atoms with van der Waals surface area (Å²) in [6.07, 6.45) is 2.17. The molecule has 9 heteroatoms. The molecule has 4 aromatic rings. The molecular formula is C36H35N3O5S. The van der Waals surface area contributed by atoms with E-state index in [2.05, 4.69) is 16.0 Å². The van der Waals surface area contributed by atoms with E-state index in [1.54, 1.807) is 97.1 Å². The van der Waals surface area contributed by atoms with Gasteiger partial charge in [0.15, 0.2) is 5.78 Å². The van der Waals surface area contributed by atoms with Crippen molar-refractivity contribution in [1.82, 2.24) is 5.32 Å². The molecule has 1 unspecified atom stereocenters. The minimum atomic E-state index is -0.505. The molecule has 3 N–H and O–H groups in total. The van der Waals surface area contributed by atoms with E-state index < -0.39 is 17.1 Å². The lowest BCUT2D eigenvalue weighted by Crippen LogP contribution is -2.30. The third kappa shape index (κ3) is 9.67. The van der Waals surface area contributed by atoms with Crippen LogP contribution in [0.4, 0.5) is 11.4 Å². The molecule has 0 fully saturated rings. The number of thioether (sulfide) groups is 1. The summed E-state index contributed by atoms with van der Waals surface area (Å²) in [5.41, 5.74) is 2.87. The first-order valence-corrected chi connectivity index (χ1v) is 15.4. The Bertz CT molecular complexity index is 1670. The fourth-order valence-electron chi connectivity index (χ4n) is 4.28. The van der Waals surface area contributed by atoms with Crippen molar-refractivity contribution in [1.29, 1.82) is 0 Å². The fraction of sp³-hybridized carbons (Fsp3) is 0.167. The highest BCUT2D eigenvalue weighted by atomic mass is 32.2. The highest BCUT2D eigenvalue weighted by Gasteiger charge is 2.20. The van der Waals surface area contributed by atoms with Gasteiger partial charge in [-0.2, -0.15) is 0 Å². The van der Waals surface area contributed by atoms with Crippen molar-refractivity contribution in [3.63, 3.8) is 0 Å². The maximum Gasteiger partial charge on any atom is 0.272 e. The zero-order chi connectivity index (χ0) is 32.2. The molecule has 3 amide bonds. The molecule has 0 aliphatic carbocycles. The summed E-state index contributed by atoms with van der Waals surface area (Å²) < 4.78 is 5.51. The Morgan fingerprint density at radius 3 is 2.13 bits per heavy atom. The summed E-state index contributed by atoms with van der Waals surface area (Å²) in [6.45, 7) is 5.85. The van der Waals surface area contributed by atoms with Gasteiger partial charge in [-0.25, -0.2) is 0 Å². The van der Waals surface area contributed by atoms with Gasteiger partial charge in [-0.1, -0.05) is 43.3 Å². The van der Waals surface area contributed by atoms with Crippen LogP contribution in [0.3, 0.4) is 0 Å². The van der Waals surface area contributed by atoms with Crippen molar-refractivity contribution in [2.45, 2.75) is 37.3 Å². The van der Waals surface area contributed by atoms with Gasteiger partial charge in [0.2, 0.25) is 5.91 Å². The van der Waals surface area contributed by atoms with Crippen LogP contribution in [0.5, 0.6) is 5.75 Å². The fourth-order valence-corrected chi connectivity index (χ4v) is 5.29. The van der Waals surface area contributed by atoms with Crippen LogP contribution in [0.2, 0.25) is 0 Å². The molecule has 4 rings (SSSR count). The van der Waals surface area contributed by atoms with Crippen LogP contribution >= 0.6 is 11.8 Å². The zero-order valence-corrected chi connectivity index (χ0v) is 26.1. The smallest absolute Gasteiger partial charge is 0.272 e. The van der Waals surface area contributed by atoms with E-state index >= 15 is 0 Å². The number of benzene rings is 4. The van der Waals surface area contributed by atoms with Gasteiger partial charge >= 0.3 is 0 Å². The molecular weight excluding hydrogens is 586 g/mol. The van der Waals surface area contributed by atoms with E-state index in [1.807, 2.05) is 26.0 Å². The minimum absolute atomic E-state index is 0.0424. The normalized spacial score (nSPS) is 11.7. The molecule has 4 aromatic carbocycles. The molecule has 0 aliphatic rings. The number of Topliss-reactive ketones (excluding diaryl/α,β-unsaturated/α-hetero) is 1. The molecule has 0 spiro atoms. The van der Waals surface area contributed by atoms with Gasteiger partial charge in [0.1, 0.15) is 11.4 Å². The van der Waals surface area contributed by atoms with Gasteiger partial charge in [-0.15, -0.1) is 11.8 Å². The number of ether oxygens (including phenoxy) is 1. The summed E-state index contributed by atoms with van der Waals surface area (Å²) >= 11 is 1.38. The van der Waals surface area contributed by atoms with Crippen LogP contribution in [0.1, 0.15) is 53.5 Å². The Morgan fingerprint density at radius 2 is 1.49 bits per heavy atom. The predicted molar refractivity (Wildman–Crippen MR) is 180 cm³/mol. The van der Waals surface area contributed by atoms with Gasteiger partial charge < -0.3 is 20.7 Å². The van der Waals surface area contributed by atoms with E-state index in [0.717, 1.165) is 4.90 Å². The molecule has 0 heterocycles. The number of hydrogen-bond donors (Lipinski definition) is 3. The SMILES string of the molecule is CCOc1ccc(/C=C(/NC(=O)c2ccccc2)C(=O)Nc2cccc(SC(CC)C(=O)Nc3ccc(C(C)=O)cc3)c2)cc1. The lowest BCUT2D eigenvalue weighted by Gasteiger charge is -2.16. The van der Waals surface area contributed by atoms with E-state index in [4.69, 9.17) is 4.74 Å². The molecule has 0 bridgehead atoms. The first-order chi connectivity index (χ1) is 21.7. The Kier molecular flexibility index (Phi) is 11.7. The lowest BCUT2D eigenvalue weighted by molar-refractivity contribution is -0.116. The second kappa shape index (κ2) is 16.1. The second-order valence-electron chi connectivity index (χ2n) is 10.00. The maximum atomic E-state index is 13.5. The molecule has 45 heavy (non-hydrogen) atoms. The third-order valence-electron chi connectivity index (χ3n) is 6.62. The quantitative estimate of drug-likeness (QED) is 0.0826. The average molecular weight is 622 g/mol. The Hall–Kier alpha value is -5.15. The minimum Gasteiger partial charge on any atom is -0.494 e. The van der Waals surface area contributed by atoms with Crippen LogP contribution in [-0.4, -0.2) is 35.4 Å². The monoisotopic (exact) mass is 621 g/mol. The number of hydrogen-bond acceptors (Lipinski definition) is 6. The van der Waals surface area contributed by atoms with Gasteiger partial charge in [-0.3, -0.25) is 19.2 Å². The van der Waals surface area contributed by atoms with Crippen LogP contribution in [0, 0.1) is 0 Å². The molecule has 8 nitrogen and oxygen atoms in total. The number of rotatable bonds is 13. The number of nitrogens with one attached hydrogen (secondary N) is 3. The molecule has 0 aromatic heterocycles. The molecule has 0 saturated carbocycles. The number of carbonyl (C=O) groups is 4. The zero-order valence-electron chi connectivity index (χ0n) is 25.3. The summed E-state index contributed by atoms with van der Waals surface area (Å²) in [5, 5.41) is 8.14. The number of amides is 3. The van der Waals surface area contributed by atoms with Gasteiger partial charge in [0, 0.05) is 27.4 Å². The Morgan fingerprint density at radius 1 is 0.778 bits per heavy atom. The molecule has 230 valence electrons. The summed E-state index contributed by atoms with van der Waals surface area (Å²) in [6, 6.07) is 29.8. The highest BCUT2D eigenvalue weighted by molar-refractivity contribution is 8.00. The lowest BCUT2D eigenvalue weighted by atomic mass is 10.1. The molecule has 0 saturated heterocycles. The largest absolute Gasteiger partial charge is 0.494 e. The van der Waals surface area contributed by atoms with Crippen molar-refractivity contribution >= 4 is 52.7 Å².